The van der Waals surface area contributed by atoms with Crippen LogP contribution in [0.5, 0.6) is 0 Å². The summed E-state index contributed by atoms with van der Waals surface area (Å²) in [6.07, 6.45) is 5.35. The van der Waals surface area contributed by atoms with Crippen molar-refractivity contribution in [3.05, 3.63) is 101 Å². The van der Waals surface area contributed by atoms with Gasteiger partial charge in [0.05, 0.1) is 29.4 Å². The Hall–Kier alpha value is -3.76. The van der Waals surface area contributed by atoms with Crippen molar-refractivity contribution in [2.45, 2.75) is 12.1 Å². The Morgan fingerprint density at radius 1 is 1.06 bits per heavy atom. The van der Waals surface area contributed by atoms with E-state index in [0.29, 0.717) is 24.6 Å². The Balaban J connectivity index is 1.49. The van der Waals surface area contributed by atoms with Crippen LogP contribution in [0, 0.1) is 17.1 Å². The number of rotatable bonds is 5. The topological polar surface area (TPSA) is 63.2 Å². The highest BCUT2D eigenvalue weighted by Crippen LogP contribution is 2.37. The van der Waals surface area contributed by atoms with Crippen LogP contribution < -0.4 is 0 Å². The van der Waals surface area contributed by atoms with Crippen LogP contribution in [0.3, 0.4) is 0 Å². The molecule has 0 bridgehead atoms. The minimum atomic E-state index is -0.664. The quantitative estimate of drug-likeness (QED) is 0.450. The van der Waals surface area contributed by atoms with Gasteiger partial charge in [-0.15, -0.1) is 11.3 Å². The van der Waals surface area contributed by atoms with Gasteiger partial charge in [-0.05, 0) is 47.5 Å². The molecule has 31 heavy (non-hydrogen) atoms. The predicted octanol–water partition coefficient (Wildman–Crippen LogP) is 4.99. The molecule has 5 rings (SSSR count). The molecule has 0 spiro atoms. The molecule has 0 saturated heterocycles. The first-order valence-corrected chi connectivity index (χ1v) is 10.5. The fourth-order valence-corrected chi connectivity index (χ4v) is 4.61. The molecule has 0 saturated carbocycles. The first kappa shape index (κ1) is 19.2. The molecule has 5 nitrogen and oxygen atoms in total. The van der Waals surface area contributed by atoms with Crippen LogP contribution in [-0.4, -0.2) is 22.1 Å². The lowest BCUT2D eigenvalue weighted by atomic mass is 9.91. The molecule has 1 unspecified atom stereocenters. The van der Waals surface area contributed by atoms with E-state index in [1.807, 2.05) is 47.2 Å². The van der Waals surface area contributed by atoms with E-state index in [9.17, 15) is 4.39 Å². The van der Waals surface area contributed by atoms with E-state index < -0.39 is 5.54 Å². The third kappa shape index (κ3) is 3.74. The number of hydrogen-bond acceptors (Lipinski definition) is 5. The molecular weight excluding hydrogens is 411 g/mol. The Bertz CT molecular complexity index is 1270. The second-order valence-electron chi connectivity index (χ2n) is 7.33. The predicted molar refractivity (Wildman–Crippen MR) is 117 cm³/mol. The maximum atomic E-state index is 13.5. The van der Waals surface area contributed by atoms with E-state index in [4.69, 9.17) is 15.0 Å². The minimum Gasteiger partial charge on any atom is -0.474 e. The van der Waals surface area contributed by atoms with Crippen molar-refractivity contribution >= 4 is 17.2 Å². The molecule has 1 aliphatic rings. The van der Waals surface area contributed by atoms with Crippen LogP contribution in [-0.2, 0) is 16.8 Å². The zero-order valence-corrected chi connectivity index (χ0v) is 17.2. The summed E-state index contributed by atoms with van der Waals surface area (Å²) in [6.45, 7) is 0.895. The summed E-state index contributed by atoms with van der Waals surface area (Å²) < 4.78 is 21.5. The van der Waals surface area contributed by atoms with Gasteiger partial charge in [0.1, 0.15) is 18.0 Å². The second kappa shape index (κ2) is 7.82. The fourth-order valence-electron chi connectivity index (χ4n) is 3.65. The van der Waals surface area contributed by atoms with E-state index in [2.05, 4.69) is 11.1 Å². The lowest BCUT2D eigenvalue weighted by Gasteiger charge is -2.25. The molecule has 4 aromatic rings. The highest BCUT2D eigenvalue weighted by molar-refractivity contribution is 7.17. The van der Waals surface area contributed by atoms with Crippen molar-refractivity contribution in [2.24, 2.45) is 4.99 Å². The number of ether oxygens (including phenoxy) is 1. The van der Waals surface area contributed by atoms with Gasteiger partial charge in [-0.2, -0.15) is 5.26 Å². The first-order valence-electron chi connectivity index (χ1n) is 9.70. The zero-order chi connectivity index (χ0) is 21.3. The normalized spacial score (nSPS) is 17.7. The number of hydrogen-bond donors (Lipinski definition) is 0. The van der Waals surface area contributed by atoms with E-state index in [1.165, 1.54) is 12.1 Å². The summed E-state index contributed by atoms with van der Waals surface area (Å²) >= 11 is 1.59. The Labute approximate surface area is 182 Å². The van der Waals surface area contributed by atoms with Gasteiger partial charge in [-0.25, -0.2) is 14.4 Å². The summed E-state index contributed by atoms with van der Waals surface area (Å²) in [7, 11) is 0. The van der Waals surface area contributed by atoms with Crippen LogP contribution in [0.25, 0.3) is 10.4 Å². The maximum Gasteiger partial charge on any atom is 0.227 e. The summed E-state index contributed by atoms with van der Waals surface area (Å²) in [5.74, 6) is 0.296. The monoisotopic (exact) mass is 428 g/mol. The maximum absolute atomic E-state index is 13.5. The molecule has 2 aromatic heterocycles. The van der Waals surface area contributed by atoms with Crippen LogP contribution in [0.2, 0.25) is 0 Å². The van der Waals surface area contributed by atoms with Crippen LogP contribution >= 0.6 is 11.3 Å². The lowest BCUT2D eigenvalue weighted by Crippen LogP contribution is -2.31. The Morgan fingerprint density at radius 3 is 2.55 bits per heavy atom. The van der Waals surface area contributed by atoms with Crippen molar-refractivity contribution in [2.75, 3.05) is 6.61 Å². The fraction of sp³-hybridized carbons (Fsp3) is 0.125. The number of thiophene rings is 1. The van der Waals surface area contributed by atoms with Crippen LogP contribution in [0.15, 0.2) is 84.4 Å². The third-order valence-electron chi connectivity index (χ3n) is 5.26. The zero-order valence-electron chi connectivity index (χ0n) is 16.4. The summed E-state index contributed by atoms with van der Waals surface area (Å²) in [6, 6.07) is 20.1. The van der Waals surface area contributed by atoms with Gasteiger partial charge in [-0.1, -0.05) is 24.3 Å². The van der Waals surface area contributed by atoms with E-state index >= 15 is 0 Å². The number of benzene rings is 2. The molecule has 0 fully saturated rings. The van der Waals surface area contributed by atoms with E-state index in [0.717, 1.165) is 20.9 Å². The molecule has 1 aliphatic heterocycles. The van der Waals surface area contributed by atoms with Gasteiger partial charge >= 0.3 is 0 Å². The largest absolute Gasteiger partial charge is 0.474 e. The number of aliphatic imine (C=N–C) groups is 1. The molecule has 7 heteroatoms. The average Bonchev–Trinajstić information content (AvgIpc) is 3.56. The van der Waals surface area contributed by atoms with Crippen molar-refractivity contribution < 1.29 is 9.13 Å². The summed E-state index contributed by atoms with van der Waals surface area (Å²) in [4.78, 5) is 11.1. The van der Waals surface area contributed by atoms with Crippen LogP contribution in [0.1, 0.15) is 16.0 Å². The van der Waals surface area contributed by atoms with E-state index in [1.54, 1.807) is 36.0 Å². The SMILES string of the molecule is N#Cc1ccc(-c2ccc(C3=NC(Cn4ccnc4)(c4ccc(F)cc4)CO3)s2)cc1. The second-order valence-corrected chi connectivity index (χ2v) is 8.42. The minimum absolute atomic E-state index is 0.282. The molecule has 2 aromatic carbocycles. The van der Waals surface area contributed by atoms with Gasteiger partial charge in [0.25, 0.3) is 0 Å². The highest BCUT2D eigenvalue weighted by Gasteiger charge is 2.39. The van der Waals surface area contributed by atoms with E-state index in [-0.39, 0.29) is 5.82 Å². The number of nitriles is 1. The van der Waals surface area contributed by atoms with Gasteiger partial charge in [-0.3, -0.25) is 0 Å². The standard InChI is InChI=1S/C24H17FN4OS/c25-20-7-5-19(6-8-20)24(14-29-12-11-27-16-29)15-30-23(28-24)22-10-9-21(31-22)18-3-1-17(13-26)2-4-18/h1-12,16H,14-15H2. The molecule has 0 radical (unpaired) electrons. The average molecular weight is 428 g/mol. The van der Waals surface area contributed by atoms with Crippen LogP contribution in [0.4, 0.5) is 4.39 Å². The highest BCUT2D eigenvalue weighted by atomic mass is 32.1. The molecule has 0 aliphatic carbocycles. The molecular formula is C24H17FN4OS. The third-order valence-corrected chi connectivity index (χ3v) is 6.39. The van der Waals surface area contributed by atoms with Gasteiger partial charge in [0.15, 0.2) is 0 Å². The molecule has 0 amide bonds. The molecule has 152 valence electrons. The van der Waals surface area contributed by atoms with Crippen molar-refractivity contribution in [1.29, 1.82) is 5.26 Å². The number of aromatic nitrogens is 2. The van der Waals surface area contributed by atoms with Crippen molar-refractivity contribution in [1.82, 2.24) is 9.55 Å². The van der Waals surface area contributed by atoms with Crippen molar-refractivity contribution in [3.8, 4) is 16.5 Å². The first-order chi connectivity index (χ1) is 15.1. The molecule has 0 N–H and O–H groups in total. The Morgan fingerprint density at radius 2 is 1.84 bits per heavy atom. The number of halogens is 1. The molecule has 3 heterocycles. The summed E-state index contributed by atoms with van der Waals surface area (Å²) in [5.41, 5.74) is 1.90. The smallest absolute Gasteiger partial charge is 0.227 e. The lowest BCUT2D eigenvalue weighted by molar-refractivity contribution is 0.236. The summed E-state index contributed by atoms with van der Waals surface area (Å²) in [5, 5.41) is 8.99. The van der Waals surface area contributed by atoms with Crippen molar-refractivity contribution in [3.63, 3.8) is 0 Å². The van der Waals surface area contributed by atoms with Gasteiger partial charge in [0, 0.05) is 17.3 Å². The number of nitrogens with zero attached hydrogens (tertiary/aromatic N) is 4. The number of imidazole rings is 1. The molecule has 1 atom stereocenters. The Kier molecular flexibility index (Phi) is 4.85. The van der Waals surface area contributed by atoms with Gasteiger partial charge in [0.2, 0.25) is 5.90 Å². The van der Waals surface area contributed by atoms with Gasteiger partial charge < -0.3 is 9.30 Å².